The van der Waals surface area contributed by atoms with E-state index in [0.717, 1.165) is 23.1 Å². The zero-order chi connectivity index (χ0) is 19.7. The minimum absolute atomic E-state index is 0.0167. The summed E-state index contributed by atoms with van der Waals surface area (Å²) >= 11 is 1.47. The Morgan fingerprint density at radius 2 is 1.93 bits per heavy atom. The molecule has 0 aliphatic rings. The third kappa shape index (κ3) is 3.56. The predicted octanol–water partition coefficient (Wildman–Crippen LogP) is 3.64. The molecule has 0 aliphatic heterocycles. The normalized spacial score (nSPS) is 11.9. The molecule has 0 atom stereocenters. The molecule has 6 nitrogen and oxygen atoms in total. The van der Waals surface area contributed by atoms with Crippen LogP contribution in [0.2, 0.25) is 0 Å². The summed E-state index contributed by atoms with van der Waals surface area (Å²) in [4.78, 5) is 5.24. The van der Waals surface area contributed by atoms with Crippen LogP contribution in [0.15, 0.2) is 59.5 Å². The number of nitrogens with zero attached hydrogens (tertiary/aromatic N) is 3. The predicted molar refractivity (Wildman–Crippen MR) is 106 cm³/mol. The first-order chi connectivity index (χ1) is 13.5. The number of rotatable bonds is 6. The van der Waals surface area contributed by atoms with E-state index < -0.39 is 15.8 Å². The second-order valence-electron chi connectivity index (χ2n) is 6.10. The van der Waals surface area contributed by atoms with E-state index in [1.165, 1.54) is 29.5 Å². The molecule has 0 fully saturated rings. The van der Waals surface area contributed by atoms with Crippen LogP contribution >= 0.6 is 11.3 Å². The van der Waals surface area contributed by atoms with Gasteiger partial charge in [-0.15, -0.1) is 0 Å². The summed E-state index contributed by atoms with van der Waals surface area (Å²) in [5, 5.41) is 5.46. The Bertz CT molecular complexity index is 1230. The van der Waals surface area contributed by atoms with Gasteiger partial charge in [0.25, 0.3) is 0 Å². The lowest BCUT2D eigenvalue weighted by atomic mass is 10.1. The molecule has 4 rings (SSSR count). The van der Waals surface area contributed by atoms with Gasteiger partial charge >= 0.3 is 0 Å². The van der Waals surface area contributed by atoms with Crippen molar-refractivity contribution in [3.63, 3.8) is 0 Å². The highest BCUT2D eigenvalue weighted by Gasteiger charge is 2.21. The summed E-state index contributed by atoms with van der Waals surface area (Å²) in [6.45, 7) is 1.99. The Morgan fingerprint density at radius 3 is 2.64 bits per heavy atom. The molecule has 2 aromatic carbocycles. The Kier molecular flexibility index (Phi) is 4.96. The number of fused-ring (bicyclic) bond motifs is 1. The maximum Gasteiger partial charge on any atom is 0.241 e. The molecule has 144 valence electrons. The number of aromatic nitrogens is 3. The van der Waals surface area contributed by atoms with E-state index in [-0.39, 0.29) is 11.4 Å². The van der Waals surface area contributed by atoms with Gasteiger partial charge in [0.05, 0.1) is 22.8 Å². The van der Waals surface area contributed by atoms with Crippen molar-refractivity contribution < 1.29 is 12.8 Å². The van der Waals surface area contributed by atoms with Crippen molar-refractivity contribution >= 4 is 26.3 Å². The fraction of sp³-hybridized carbons (Fsp3) is 0.158. The van der Waals surface area contributed by atoms with Crippen LogP contribution in [0.3, 0.4) is 0 Å². The molecule has 0 bridgehead atoms. The summed E-state index contributed by atoms with van der Waals surface area (Å²) in [5.74, 6) is -0.605. The van der Waals surface area contributed by atoms with E-state index in [0.29, 0.717) is 16.3 Å². The van der Waals surface area contributed by atoms with Crippen LogP contribution in [0.5, 0.6) is 0 Å². The lowest BCUT2D eigenvalue weighted by molar-refractivity contribution is 0.576. The van der Waals surface area contributed by atoms with Gasteiger partial charge in [0.2, 0.25) is 15.0 Å². The van der Waals surface area contributed by atoms with Gasteiger partial charge in [0, 0.05) is 5.56 Å². The van der Waals surface area contributed by atoms with Crippen molar-refractivity contribution in [1.82, 2.24) is 19.3 Å². The van der Waals surface area contributed by atoms with Crippen LogP contribution in [0.1, 0.15) is 17.6 Å². The highest BCUT2D eigenvalue weighted by molar-refractivity contribution is 7.89. The molecule has 0 aliphatic carbocycles. The van der Waals surface area contributed by atoms with E-state index in [4.69, 9.17) is 0 Å². The average molecular weight is 417 g/mol. The SMILES string of the molecule is CCc1nn2c(CNS(=O)(=O)c3cccc(F)c3)c(-c3ccccc3)nc2s1. The minimum atomic E-state index is -3.88. The van der Waals surface area contributed by atoms with Crippen LogP contribution in [0.4, 0.5) is 4.39 Å². The molecular formula is C19H17FN4O2S2. The maximum atomic E-state index is 13.4. The third-order valence-electron chi connectivity index (χ3n) is 4.22. The van der Waals surface area contributed by atoms with Gasteiger partial charge in [-0.3, -0.25) is 0 Å². The molecule has 0 unspecified atom stereocenters. The standard InChI is InChI=1S/C19H17FN4O2S2/c1-2-17-23-24-16(12-21-28(25,26)15-10-6-9-14(20)11-15)18(22-19(24)27-17)13-7-4-3-5-8-13/h3-11,21H,2,12H2,1H3. The number of nitrogens with one attached hydrogen (secondary N) is 1. The lowest BCUT2D eigenvalue weighted by Crippen LogP contribution is -2.24. The number of aryl methyl sites for hydroxylation is 1. The lowest BCUT2D eigenvalue weighted by Gasteiger charge is -2.08. The van der Waals surface area contributed by atoms with E-state index in [1.54, 1.807) is 4.52 Å². The number of sulfonamides is 1. The zero-order valence-electron chi connectivity index (χ0n) is 15.0. The average Bonchev–Trinajstić information content (AvgIpc) is 3.25. The van der Waals surface area contributed by atoms with Gasteiger partial charge in [-0.05, 0) is 24.6 Å². The van der Waals surface area contributed by atoms with E-state index in [1.807, 2.05) is 37.3 Å². The van der Waals surface area contributed by atoms with Gasteiger partial charge in [-0.1, -0.05) is 54.7 Å². The van der Waals surface area contributed by atoms with Gasteiger partial charge in [-0.25, -0.2) is 27.0 Å². The summed E-state index contributed by atoms with van der Waals surface area (Å²) in [6, 6.07) is 14.4. The van der Waals surface area contributed by atoms with Crippen molar-refractivity contribution in [3.05, 3.63) is 71.1 Å². The van der Waals surface area contributed by atoms with Crippen LogP contribution in [0, 0.1) is 5.82 Å². The number of hydrogen-bond acceptors (Lipinski definition) is 5. The van der Waals surface area contributed by atoms with Crippen LogP contribution in [-0.2, 0) is 23.0 Å². The second-order valence-corrected chi connectivity index (χ2v) is 8.91. The van der Waals surface area contributed by atoms with Gasteiger partial charge in [0.1, 0.15) is 10.8 Å². The number of hydrogen-bond donors (Lipinski definition) is 1. The quantitative estimate of drug-likeness (QED) is 0.521. The summed E-state index contributed by atoms with van der Waals surface area (Å²) < 4.78 is 42.9. The Hall–Kier alpha value is -2.62. The van der Waals surface area contributed by atoms with Crippen LogP contribution in [0.25, 0.3) is 16.2 Å². The first-order valence-electron chi connectivity index (χ1n) is 8.66. The fourth-order valence-electron chi connectivity index (χ4n) is 2.84. The Morgan fingerprint density at radius 1 is 1.14 bits per heavy atom. The molecule has 4 aromatic rings. The highest BCUT2D eigenvalue weighted by atomic mass is 32.2. The number of imidazole rings is 1. The second kappa shape index (κ2) is 7.42. The number of benzene rings is 2. The van der Waals surface area contributed by atoms with E-state index in [9.17, 15) is 12.8 Å². The molecule has 28 heavy (non-hydrogen) atoms. The maximum absolute atomic E-state index is 13.4. The summed E-state index contributed by atoms with van der Waals surface area (Å²) in [6.07, 6.45) is 0.767. The largest absolute Gasteiger partial charge is 0.241 e. The van der Waals surface area contributed by atoms with Gasteiger partial charge in [0.15, 0.2) is 0 Å². The zero-order valence-corrected chi connectivity index (χ0v) is 16.6. The molecule has 2 heterocycles. The van der Waals surface area contributed by atoms with Crippen LogP contribution in [-0.4, -0.2) is 23.0 Å². The van der Waals surface area contributed by atoms with Crippen molar-refractivity contribution in [2.45, 2.75) is 24.8 Å². The smallest absolute Gasteiger partial charge is 0.217 e. The van der Waals surface area contributed by atoms with Crippen molar-refractivity contribution in [3.8, 4) is 11.3 Å². The first-order valence-corrected chi connectivity index (χ1v) is 11.0. The first kappa shape index (κ1) is 18.7. The Balaban J connectivity index is 1.73. The van der Waals surface area contributed by atoms with Crippen molar-refractivity contribution in [2.24, 2.45) is 0 Å². The molecule has 0 saturated heterocycles. The topological polar surface area (TPSA) is 76.4 Å². The van der Waals surface area contributed by atoms with Crippen molar-refractivity contribution in [2.75, 3.05) is 0 Å². The molecule has 0 amide bonds. The van der Waals surface area contributed by atoms with E-state index in [2.05, 4.69) is 14.8 Å². The highest BCUT2D eigenvalue weighted by Crippen LogP contribution is 2.27. The monoisotopic (exact) mass is 416 g/mol. The van der Waals surface area contributed by atoms with Gasteiger partial charge in [-0.2, -0.15) is 5.10 Å². The van der Waals surface area contributed by atoms with Gasteiger partial charge < -0.3 is 0 Å². The molecular weight excluding hydrogens is 399 g/mol. The molecule has 2 aromatic heterocycles. The third-order valence-corrected chi connectivity index (χ3v) is 6.68. The minimum Gasteiger partial charge on any atom is -0.217 e. The van der Waals surface area contributed by atoms with Crippen molar-refractivity contribution in [1.29, 1.82) is 0 Å². The van der Waals surface area contributed by atoms with E-state index >= 15 is 0 Å². The molecule has 0 spiro atoms. The molecule has 0 radical (unpaired) electrons. The summed E-state index contributed by atoms with van der Waals surface area (Å²) in [7, 11) is -3.88. The number of halogens is 1. The fourth-order valence-corrected chi connectivity index (χ4v) is 4.71. The molecule has 0 saturated carbocycles. The summed E-state index contributed by atoms with van der Waals surface area (Å²) in [5.41, 5.74) is 2.18. The molecule has 1 N–H and O–H groups in total. The molecule has 9 heteroatoms. The van der Waals surface area contributed by atoms with Crippen LogP contribution < -0.4 is 4.72 Å². The Labute approximate surface area is 165 Å².